The maximum absolute atomic E-state index is 8.56. The van der Waals surface area contributed by atoms with E-state index in [9.17, 15) is 0 Å². The van der Waals surface area contributed by atoms with Crippen LogP contribution >= 0.6 is 0 Å². The monoisotopic (exact) mass is 322 g/mol. The second kappa shape index (κ2) is 9.90. The number of carboxylic acid groups (broad SMARTS) is 4. The third-order valence-electron chi connectivity index (χ3n) is 1.87. The van der Waals surface area contributed by atoms with E-state index in [2.05, 4.69) is 10.2 Å². The molecule has 0 amide bonds. The molecule has 128 valence electrons. The molecule has 0 aliphatic carbocycles. The van der Waals surface area contributed by atoms with Crippen molar-refractivity contribution in [3.05, 3.63) is 0 Å². The Morgan fingerprint density at radius 2 is 0.909 bits per heavy atom. The summed E-state index contributed by atoms with van der Waals surface area (Å²) in [6.45, 7) is 6.70. The summed E-state index contributed by atoms with van der Waals surface area (Å²) in [5, 5.41) is 50.2. The third-order valence-corrected chi connectivity index (χ3v) is 1.87. The van der Waals surface area contributed by atoms with Crippen LogP contribution in [0.25, 0.3) is 0 Å². The number of nitrogens with one attached hydrogen (secondary N) is 2. The summed E-state index contributed by atoms with van der Waals surface area (Å²) in [4.78, 5) is 17.1. The van der Waals surface area contributed by atoms with Crippen molar-refractivity contribution in [1.29, 1.82) is 10.8 Å². The summed E-state index contributed by atoms with van der Waals surface area (Å²) >= 11 is 0. The number of nitrogens with two attached hydrogens (primary N) is 2. The Bertz CT molecular complexity index is 397. The van der Waals surface area contributed by atoms with E-state index >= 15 is 0 Å². The van der Waals surface area contributed by atoms with Gasteiger partial charge in [0.2, 0.25) is 0 Å². The van der Waals surface area contributed by atoms with Crippen molar-refractivity contribution in [2.45, 2.75) is 38.8 Å². The summed E-state index contributed by atoms with van der Waals surface area (Å²) in [6.07, 6.45) is -3.67. The predicted molar refractivity (Wildman–Crippen MR) is 78.1 cm³/mol. The molecule has 0 fully saturated rings. The summed E-state index contributed by atoms with van der Waals surface area (Å²) in [5.41, 5.74) is 8.96. The van der Waals surface area contributed by atoms with Crippen LogP contribution in [-0.2, 0) is 0 Å². The van der Waals surface area contributed by atoms with Gasteiger partial charge in [-0.3, -0.25) is 10.8 Å². The second-order valence-corrected chi connectivity index (χ2v) is 4.71. The molecule has 0 saturated carbocycles. The molecule has 10 N–H and O–H groups in total. The van der Waals surface area contributed by atoms with Crippen LogP contribution in [-0.4, -0.2) is 55.5 Å². The lowest BCUT2D eigenvalue weighted by atomic mass is 10.1. The van der Waals surface area contributed by atoms with Crippen molar-refractivity contribution in [3.8, 4) is 0 Å². The van der Waals surface area contributed by atoms with Crippen LogP contribution < -0.4 is 11.5 Å². The lowest BCUT2D eigenvalue weighted by Crippen LogP contribution is -2.38. The summed E-state index contributed by atoms with van der Waals surface area (Å²) in [5.74, 6) is -0.138. The quantitative estimate of drug-likeness (QED) is 0.212. The first-order valence-corrected chi connectivity index (χ1v) is 5.53. The van der Waals surface area contributed by atoms with Gasteiger partial charge in [0, 0.05) is 0 Å². The summed E-state index contributed by atoms with van der Waals surface area (Å²) in [6, 6.07) is 0. The van der Waals surface area contributed by atoms with E-state index in [1.54, 1.807) is 27.7 Å². The van der Waals surface area contributed by atoms with Crippen LogP contribution in [0.1, 0.15) is 27.7 Å². The van der Waals surface area contributed by atoms with Crippen molar-refractivity contribution < 1.29 is 30.0 Å². The second-order valence-electron chi connectivity index (χ2n) is 4.71. The minimum atomic E-state index is -1.83. The van der Waals surface area contributed by atoms with Crippen LogP contribution in [0.2, 0.25) is 0 Å². The molecule has 0 aromatic rings. The van der Waals surface area contributed by atoms with Gasteiger partial charge in [0.05, 0.1) is 0 Å². The van der Waals surface area contributed by atoms with Crippen molar-refractivity contribution >= 4 is 24.0 Å². The van der Waals surface area contributed by atoms with Crippen LogP contribution in [0.5, 0.6) is 0 Å². The molecule has 22 heavy (non-hydrogen) atoms. The molecule has 0 bridgehead atoms. The molecule has 0 saturated heterocycles. The van der Waals surface area contributed by atoms with E-state index in [0.29, 0.717) is 0 Å². The Hall–Kier alpha value is -2.92. The van der Waals surface area contributed by atoms with Gasteiger partial charge in [-0.1, -0.05) is 0 Å². The Kier molecular flexibility index (Phi) is 10.9. The normalized spacial score (nSPS) is 10.5. The van der Waals surface area contributed by atoms with Crippen molar-refractivity contribution in [3.63, 3.8) is 0 Å². The number of hydrogen-bond acceptors (Lipinski definition) is 6. The molecule has 0 aromatic carbocycles. The number of nitrogens with zero attached hydrogens (tertiary/aromatic N) is 2. The van der Waals surface area contributed by atoms with E-state index in [4.69, 9.17) is 52.3 Å². The Morgan fingerprint density at radius 1 is 0.773 bits per heavy atom. The van der Waals surface area contributed by atoms with Gasteiger partial charge in [-0.05, 0) is 27.7 Å². The van der Waals surface area contributed by atoms with Crippen molar-refractivity contribution in [1.82, 2.24) is 0 Å². The SMILES string of the molecule is CC(C)(N=NC(C)(C)C(=N)N)C(=N)N.O=C(O)O.O=C(O)O. The van der Waals surface area contributed by atoms with Gasteiger partial charge < -0.3 is 31.9 Å². The molecule has 0 atom stereocenters. The number of amidine groups is 2. The average molecular weight is 322 g/mol. The van der Waals surface area contributed by atoms with Crippen LogP contribution in [0.15, 0.2) is 10.2 Å². The van der Waals surface area contributed by atoms with Crippen LogP contribution in [0.3, 0.4) is 0 Å². The lowest BCUT2D eigenvalue weighted by Gasteiger charge is -2.20. The van der Waals surface area contributed by atoms with Gasteiger partial charge in [0.15, 0.2) is 0 Å². The van der Waals surface area contributed by atoms with Gasteiger partial charge in [0.1, 0.15) is 22.7 Å². The topological polar surface area (TPSA) is 240 Å². The molecule has 12 heteroatoms. The number of carbonyl (C=O) groups is 2. The van der Waals surface area contributed by atoms with Crippen molar-refractivity contribution in [2.24, 2.45) is 21.7 Å². The van der Waals surface area contributed by atoms with Gasteiger partial charge in [0.25, 0.3) is 0 Å². The Labute approximate surface area is 126 Å². The first-order valence-electron chi connectivity index (χ1n) is 5.53. The molecule has 0 spiro atoms. The number of rotatable bonds is 4. The average Bonchev–Trinajstić information content (AvgIpc) is 2.24. The molecule has 0 rings (SSSR count). The molecule has 0 unspecified atom stereocenters. The van der Waals surface area contributed by atoms with E-state index in [0.717, 1.165) is 0 Å². The van der Waals surface area contributed by atoms with Gasteiger partial charge >= 0.3 is 12.3 Å². The third kappa shape index (κ3) is 17.1. The molecule has 0 aliphatic rings. The highest BCUT2D eigenvalue weighted by Gasteiger charge is 2.25. The minimum absolute atomic E-state index is 0.0689. The number of hydrogen-bond donors (Lipinski definition) is 8. The molecular weight excluding hydrogens is 300 g/mol. The molecule has 0 heterocycles. The largest absolute Gasteiger partial charge is 0.503 e. The molecule has 0 aliphatic heterocycles. The zero-order chi connectivity index (χ0) is 18.7. The Morgan fingerprint density at radius 3 is 1.00 bits per heavy atom. The summed E-state index contributed by atoms with van der Waals surface area (Å²) in [7, 11) is 0. The molecule has 0 aromatic heterocycles. The molecule has 0 radical (unpaired) electrons. The zero-order valence-electron chi connectivity index (χ0n) is 12.7. The van der Waals surface area contributed by atoms with Crippen LogP contribution in [0.4, 0.5) is 9.59 Å². The maximum atomic E-state index is 8.56. The molecular formula is C10H22N6O6. The zero-order valence-corrected chi connectivity index (χ0v) is 12.7. The van der Waals surface area contributed by atoms with Crippen molar-refractivity contribution in [2.75, 3.05) is 0 Å². The highest BCUT2D eigenvalue weighted by molar-refractivity contribution is 5.87. The van der Waals surface area contributed by atoms with E-state index in [-0.39, 0.29) is 11.7 Å². The van der Waals surface area contributed by atoms with Gasteiger partial charge in [-0.2, -0.15) is 10.2 Å². The van der Waals surface area contributed by atoms with Gasteiger partial charge in [-0.15, -0.1) is 0 Å². The lowest BCUT2D eigenvalue weighted by molar-refractivity contribution is 0.135. The van der Waals surface area contributed by atoms with Gasteiger partial charge in [-0.25, -0.2) is 9.59 Å². The fourth-order valence-corrected chi connectivity index (χ4v) is 0.358. The highest BCUT2D eigenvalue weighted by Crippen LogP contribution is 2.15. The first-order chi connectivity index (χ1) is 9.56. The van der Waals surface area contributed by atoms with Crippen LogP contribution in [0, 0.1) is 10.8 Å². The fourth-order valence-electron chi connectivity index (χ4n) is 0.358. The highest BCUT2D eigenvalue weighted by atomic mass is 16.6. The summed E-state index contributed by atoms with van der Waals surface area (Å²) < 4.78 is 0. The number of azo groups is 1. The molecule has 12 nitrogen and oxygen atoms in total. The van der Waals surface area contributed by atoms with E-state index < -0.39 is 23.4 Å². The van der Waals surface area contributed by atoms with E-state index in [1.165, 1.54) is 0 Å². The fraction of sp³-hybridized carbons (Fsp3) is 0.600. The maximum Gasteiger partial charge on any atom is 0.503 e. The Balaban J connectivity index is -0.000000372. The smallest absolute Gasteiger partial charge is 0.450 e. The first kappa shape index (κ1) is 24.1. The standard InChI is InChI=1S/C8H18N6.2CH2O3/c1-7(2,5(9)10)13-14-8(3,4)6(11)12;2*2-1(3)4/h1-4H3,(H3,9,10)(H3,11,12);2*(H2,2,3,4). The van der Waals surface area contributed by atoms with E-state index in [1.807, 2.05) is 0 Å². The predicted octanol–water partition coefficient (Wildman–Crippen LogP) is 1.31. The minimum Gasteiger partial charge on any atom is -0.450 e.